The number of ether oxygens (including phenoxy) is 4. The Kier molecular flexibility index (Phi) is 12.9. The summed E-state index contributed by atoms with van der Waals surface area (Å²) in [4.78, 5) is 20.1. The molecule has 14 heteroatoms. The molecule has 2 N–H and O–H groups in total. The second-order valence-electron chi connectivity index (χ2n) is 20.7. The summed E-state index contributed by atoms with van der Waals surface area (Å²) in [5.41, 5.74) is 2.79. The van der Waals surface area contributed by atoms with Crippen LogP contribution in [0.15, 0.2) is 129 Å². The Balaban J connectivity index is 0.779. The standard InChI is InChI=1S/C52H62Cl2N6O4Si2/c1-65(2,45-11-6-4-7-12-45)34-43-31-63-49(57-43)60-50-58-44(32-64-50)35-66(3,46-13-8-5-9-14-46)33-36-25-52(26-36,38-17-21-40(54)22-18-38)28-42-30-62-48(56-42)59-47-55-41(29-61-47)27-51(23-10-24-51)37-15-19-39(53)20-16-37/h4-9,11-22,36,41-44H,10,23-35H2,1-3H3,(H,55,56,59)(H,57,58,60). The molecular weight excluding hydrogens is 900 g/mol. The summed E-state index contributed by atoms with van der Waals surface area (Å²) in [6, 6.07) is 44.4. The summed E-state index contributed by atoms with van der Waals surface area (Å²) in [7, 11) is -3.71. The Hall–Kier alpha value is -4.63. The summed E-state index contributed by atoms with van der Waals surface area (Å²) in [5.74, 6) is 0.567. The Morgan fingerprint density at radius 3 is 1.42 bits per heavy atom. The van der Waals surface area contributed by atoms with Gasteiger partial charge in [-0.05, 0) is 103 Å². The first-order chi connectivity index (χ1) is 31.9. The van der Waals surface area contributed by atoms with Gasteiger partial charge in [-0.25, -0.2) is 20.0 Å². The van der Waals surface area contributed by atoms with Crippen molar-refractivity contribution >= 4 is 73.8 Å². The van der Waals surface area contributed by atoms with E-state index in [1.54, 1.807) is 0 Å². The molecule has 0 spiro atoms. The van der Waals surface area contributed by atoms with Gasteiger partial charge in [0.05, 0.1) is 40.3 Å². The number of rotatable bonds is 14. The molecule has 5 unspecified atom stereocenters. The molecule has 4 aromatic rings. The molecule has 4 heterocycles. The predicted molar refractivity (Wildman–Crippen MR) is 273 cm³/mol. The van der Waals surface area contributed by atoms with Crippen molar-refractivity contribution in [2.75, 3.05) is 26.4 Å². The molecule has 0 bridgehead atoms. The molecule has 6 aliphatic rings. The lowest BCUT2D eigenvalue weighted by Crippen LogP contribution is -2.52. The molecule has 4 aromatic carbocycles. The third-order valence-electron chi connectivity index (χ3n) is 15.3. The van der Waals surface area contributed by atoms with Crippen LogP contribution >= 0.6 is 23.2 Å². The summed E-state index contributed by atoms with van der Waals surface area (Å²) in [6.07, 6.45) is 7.59. The van der Waals surface area contributed by atoms with Crippen molar-refractivity contribution in [3.63, 3.8) is 0 Å². The number of aliphatic imine (C=N–C) groups is 4. The maximum absolute atomic E-state index is 6.45. The van der Waals surface area contributed by atoms with Gasteiger partial charge in [-0.15, -0.1) is 0 Å². The fraction of sp³-hybridized carbons (Fsp3) is 0.462. The van der Waals surface area contributed by atoms with Crippen molar-refractivity contribution in [3.8, 4) is 0 Å². The zero-order chi connectivity index (χ0) is 45.4. The molecule has 0 aromatic heterocycles. The lowest BCUT2D eigenvalue weighted by atomic mass is 9.56. The molecule has 10 nitrogen and oxygen atoms in total. The molecule has 346 valence electrons. The smallest absolute Gasteiger partial charge is 0.293 e. The monoisotopic (exact) mass is 960 g/mol. The van der Waals surface area contributed by atoms with Crippen molar-refractivity contribution in [2.24, 2.45) is 25.9 Å². The van der Waals surface area contributed by atoms with Gasteiger partial charge in [0.2, 0.25) is 0 Å². The first kappa shape index (κ1) is 45.2. The van der Waals surface area contributed by atoms with Crippen molar-refractivity contribution in [2.45, 2.75) is 118 Å². The highest BCUT2D eigenvalue weighted by molar-refractivity contribution is 6.91. The van der Waals surface area contributed by atoms with Gasteiger partial charge in [0.25, 0.3) is 24.1 Å². The highest BCUT2D eigenvalue weighted by atomic mass is 35.5. The topological polar surface area (TPSA) is 110 Å². The van der Waals surface area contributed by atoms with Crippen molar-refractivity contribution < 1.29 is 18.9 Å². The zero-order valence-electron chi connectivity index (χ0n) is 38.4. The van der Waals surface area contributed by atoms with Crippen LogP contribution in [0.2, 0.25) is 47.8 Å². The van der Waals surface area contributed by atoms with Gasteiger partial charge < -0.3 is 18.9 Å². The van der Waals surface area contributed by atoms with Gasteiger partial charge in [-0.2, -0.15) is 0 Å². The average molecular weight is 962 g/mol. The second-order valence-corrected chi connectivity index (χ2v) is 30.9. The van der Waals surface area contributed by atoms with E-state index in [9.17, 15) is 0 Å². The quantitative estimate of drug-likeness (QED) is 0.122. The predicted octanol–water partition coefficient (Wildman–Crippen LogP) is 9.34. The highest BCUT2D eigenvalue weighted by Gasteiger charge is 2.50. The van der Waals surface area contributed by atoms with Crippen LogP contribution < -0.4 is 21.0 Å². The van der Waals surface area contributed by atoms with Gasteiger partial charge in [0, 0.05) is 10.0 Å². The van der Waals surface area contributed by atoms with E-state index in [-0.39, 0.29) is 35.0 Å². The van der Waals surface area contributed by atoms with Crippen LogP contribution in [0, 0.1) is 5.92 Å². The van der Waals surface area contributed by atoms with Gasteiger partial charge in [0.1, 0.15) is 26.4 Å². The van der Waals surface area contributed by atoms with E-state index in [4.69, 9.17) is 62.1 Å². The van der Waals surface area contributed by atoms with Crippen molar-refractivity contribution in [3.05, 3.63) is 130 Å². The number of nitrogens with one attached hydrogen (secondary N) is 2. The van der Waals surface area contributed by atoms with Gasteiger partial charge in [-0.3, -0.25) is 10.6 Å². The average Bonchev–Trinajstić information content (AvgIpc) is 4.13. The molecule has 2 fully saturated rings. The maximum Gasteiger partial charge on any atom is 0.293 e. The van der Waals surface area contributed by atoms with E-state index < -0.39 is 16.1 Å². The van der Waals surface area contributed by atoms with Gasteiger partial charge in [-0.1, -0.05) is 151 Å². The van der Waals surface area contributed by atoms with Crippen LogP contribution in [0.4, 0.5) is 0 Å². The van der Waals surface area contributed by atoms with Gasteiger partial charge in [0.15, 0.2) is 0 Å². The lowest BCUT2D eigenvalue weighted by Gasteiger charge is -2.51. The molecule has 5 atom stereocenters. The fourth-order valence-electron chi connectivity index (χ4n) is 11.9. The SMILES string of the molecule is C[Si](C)(CC1COC(NC2=NC(C[Si](C)(CC3CC(CC4COC(NC5=NC(CC6(c7ccc(Cl)cc7)CCC6)CO5)=N4)(c4ccc(Cl)cc4)C3)c3ccccc3)CO2)=N1)c1ccccc1. The second kappa shape index (κ2) is 18.8. The molecule has 0 radical (unpaired) electrons. The minimum absolute atomic E-state index is 0.0138. The first-order valence-electron chi connectivity index (χ1n) is 23.9. The number of benzene rings is 4. The van der Waals surface area contributed by atoms with E-state index in [2.05, 4.69) is 115 Å². The molecule has 10 rings (SSSR count). The largest absolute Gasteiger partial charge is 0.463 e. The normalized spacial score (nSPS) is 27.3. The van der Waals surface area contributed by atoms with Crippen LogP contribution in [0.3, 0.4) is 0 Å². The lowest BCUT2D eigenvalue weighted by molar-refractivity contribution is 0.127. The highest BCUT2D eigenvalue weighted by Crippen LogP contribution is 2.54. The summed E-state index contributed by atoms with van der Waals surface area (Å²) >= 11 is 12.7. The van der Waals surface area contributed by atoms with Crippen LogP contribution in [0.25, 0.3) is 0 Å². The van der Waals surface area contributed by atoms with Crippen molar-refractivity contribution in [1.82, 2.24) is 10.6 Å². The van der Waals surface area contributed by atoms with E-state index >= 15 is 0 Å². The molecule has 2 saturated carbocycles. The molecular formula is C52H62Cl2N6O4Si2. The third kappa shape index (κ3) is 9.98. The third-order valence-corrected chi connectivity index (χ3v) is 23.8. The van der Waals surface area contributed by atoms with E-state index in [1.165, 1.54) is 34.0 Å². The minimum atomic E-state index is -2.04. The van der Waals surface area contributed by atoms with Crippen LogP contribution in [-0.2, 0) is 29.8 Å². The minimum Gasteiger partial charge on any atom is -0.463 e. The number of nitrogens with zero attached hydrogens (tertiary/aromatic N) is 4. The van der Waals surface area contributed by atoms with Crippen LogP contribution in [0.1, 0.15) is 56.1 Å². The number of amidine groups is 4. The number of hydrogen-bond acceptors (Lipinski definition) is 10. The van der Waals surface area contributed by atoms with E-state index in [1.807, 2.05) is 24.3 Å². The van der Waals surface area contributed by atoms with Crippen LogP contribution in [-0.4, -0.2) is 90.8 Å². The van der Waals surface area contributed by atoms with Gasteiger partial charge >= 0.3 is 0 Å². The van der Waals surface area contributed by atoms with Crippen molar-refractivity contribution in [1.29, 1.82) is 0 Å². The van der Waals surface area contributed by atoms with E-state index in [0.717, 1.165) is 60.7 Å². The first-order valence-corrected chi connectivity index (χ1v) is 30.8. The summed E-state index contributed by atoms with van der Waals surface area (Å²) in [6.45, 7) is 9.58. The molecule has 66 heavy (non-hydrogen) atoms. The Labute approximate surface area is 401 Å². The van der Waals surface area contributed by atoms with Crippen LogP contribution in [0.5, 0.6) is 0 Å². The zero-order valence-corrected chi connectivity index (χ0v) is 41.9. The number of hydrogen-bond donors (Lipinski definition) is 2. The Morgan fingerprint density at radius 1 is 0.515 bits per heavy atom. The summed E-state index contributed by atoms with van der Waals surface area (Å²) in [5, 5.41) is 11.0. The number of halogens is 2. The molecule has 4 aliphatic heterocycles. The Morgan fingerprint density at radius 2 is 0.939 bits per heavy atom. The maximum atomic E-state index is 6.45. The summed E-state index contributed by atoms with van der Waals surface area (Å²) < 4.78 is 24.5. The Bertz CT molecular complexity index is 2460. The molecule has 0 amide bonds. The fourth-order valence-corrected chi connectivity index (χ4v) is 19.3. The van der Waals surface area contributed by atoms with E-state index in [0.29, 0.717) is 56.4 Å². The molecule has 0 saturated heterocycles. The molecule has 2 aliphatic carbocycles.